The van der Waals surface area contributed by atoms with Crippen molar-refractivity contribution in [2.45, 2.75) is 18.7 Å². The molecule has 3 aromatic rings. The lowest BCUT2D eigenvalue weighted by Gasteiger charge is -2.08. The van der Waals surface area contributed by atoms with Gasteiger partial charge in [-0.05, 0) is 54.0 Å². The average Bonchev–Trinajstić information content (AvgIpc) is 2.85. The average molecular weight is 407 g/mol. The van der Waals surface area contributed by atoms with E-state index in [1.54, 1.807) is 30.7 Å². The van der Waals surface area contributed by atoms with E-state index < -0.39 is 10.0 Å². The number of benzene rings is 1. The van der Waals surface area contributed by atoms with E-state index in [0.717, 1.165) is 10.2 Å². The summed E-state index contributed by atoms with van der Waals surface area (Å²) in [6.45, 7) is 3.41. The second-order valence-electron chi connectivity index (χ2n) is 5.21. The largest absolute Gasteiger partial charge is 0.266 e. The number of hydrogen-bond donors (Lipinski definition) is 1. The quantitative estimate of drug-likeness (QED) is 0.719. The van der Waals surface area contributed by atoms with E-state index in [1.807, 2.05) is 30.3 Å². The number of rotatable bonds is 4. The number of pyridine rings is 1. The van der Waals surface area contributed by atoms with Crippen molar-refractivity contribution in [3.63, 3.8) is 0 Å². The van der Waals surface area contributed by atoms with Crippen LogP contribution in [0.15, 0.2) is 58.0 Å². The molecule has 0 aliphatic carbocycles. The first-order valence-electron chi connectivity index (χ1n) is 7.14. The smallest absolute Gasteiger partial charge is 0.263 e. The van der Waals surface area contributed by atoms with Crippen molar-refractivity contribution in [3.8, 4) is 5.69 Å². The first-order chi connectivity index (χ1) is 11.4. The van der Waals surface area contributed by atoms with Crippen molar-refractivity contribution in [2.24, 2.45) is 0 Å². The number of anilines is 1. The van der Waals surface area contributed by atoms with Crippen LogP contribution in [0, 0.1) is 13.8 Å². The molecule has 124 valence electrons. The highest BCUT2D eigenvalue weighted by Gasteiger charge is 2.25. The zero-order valence-electron chi connectivity index (χ0n) is 13.1. The van der Waals surface area contributed by atoms with Crippen LogP contribution < -0.4 is 4.72 Å². The summed E-state index contributed by atoms with van der Waals surface area (Å²) >= 11 is 3.27. The second-order valence-corrected chi connectivity index (χ2v) is 7.75. The Morgan fingerprint density at radius 3 is 2.42 bits per heavy atom. The minimum atomic E-state index is -3.79. The Bertz CT molecular complexity index is 967. The number of aromatic nitrogens is 3. The Morgan fingerprint density at radius 2 is 1.79 bits per heavy atom. The monoisotopic (exact) mass is 406 g/mol. The van der Waals surface area contributed by atoms with E-state index >= 15 is 0 Å². The van der Waals surface area contributed by atoms with E-state index in [-0.39, 0.29) is 10.7 Å². The summed E-state index contributed by atoms with van der Waals surface area (Å²) in [5.74, 6) is 0.254. The van der Waals surface area contributed by atoms with Gasteiger partial charge in [-0.25, -0.2) is 18.1 Å². The SMILES string of the molecule is Cc1nn(-c2ccccc2)c(C)c1S(=O)(=O)Nc1ccc(Br)cn1. The lowest BCUT2D eigenvalue weighted by atomic mass is 10.3. The van der Waals surface area contributed by atoms with Crippen molar-refractivity contribution in [1.29, 1.82) is 0 Å². The van der Waals surface area contributed by atoms with E-state index in [9.17, 15) is 8.42 Å². The molecule has 0 amide bonds. The predicted octanol–water partition coefficient (Wildman–Crippen LogP) is 3.45. The van der Waals surface area contributed by atoms with Crippen molar-refractivity contribution < 1.29 is 8.42 Å². The van der Waals surface area contributed by atoms with E-state index in [4.69, 9.17) is 0 Å². The highest BCUT2D eigenvalue weighted by atomic mass is 79.9. The van der Waals surface area contributed by atoms with Crippen LogP contribution in [0.5, 0.6) is 0 Å². The summed E-state index contributed by atoms with van der Waals surface area (Å²) in [4.78, 5) is 4.21. The fourth-order valence-corrected chi connectivity index (χ4v) is 4.10. The molecule has 2 heterocycles. The maximum Gasteiger partial charge on any atom is 0.266 e. The molecule has 6 nitrogen and oxygen atoms in total. The lowest BCUT2D eigenvalue weighted by Crippen LogP contribution is -2.15. The van der Waals surface area contributed by atoms with E-state index in [1.165, 1.54) is 6.20 Å². The van der Waals surface area contributed by atoms with Crippen LogP contribution in [0.25, 0.3) is 5.69 Å². The number of nitrogens with zero attached hydrogens (tertiary/aromatic N) is 3. The maximum absolute atomic E-state index is 12.8. The van der Waals surface area contributed by atoms with Crippen LogP contribution in [0.4, 0.5) is 5.82 Å². The van der Waals surface area contributed by atoms with Crippen LogP contribution in [0.2, 0.25) is 0 Å². The maximum atomic E-state index is 12.8. The highest BCUT2D eigenvalue weighted by Crippen LogP contribution is 2.24. The third kappa shape index (κ3) is 3.20. The standard InChI is InChI=1S/C16H15BrN4O2S/c1-11-16(12(2)21(19-11)14-6-4-3-5-7-14)24(22,23)20-15-9-8-13(17)10-18-15/h3-10H,1-2H3,(H,18,20). The Kier molecular flexibility index (Phi) is 4.42. The molecule has 0 radical (unpaired) electrons. The Balaban J connectivity index is 2.02. The number of halogens is 1. The summed E-state index contributed by atoms with van der Waals surface area (Å²) in [6.07, 6.45) is 1.53. The molecule has 0 spiro atoms. The van der Waals surface area contributed by atoms with Gasteiger partial charge in [0, 0.05) is 10.7 Å². The first-order valence-corrected chi connectivity index (χ1v) is 9.42. The molecule has 3 rings (SSSR count). The van der Waals surface area contributed by atoms with Gasteiger partial charge in [0.1, 0.15) is 10.7 Å². The zero-order valence-corrected chi connectivity index (χ0v) is 15.5. The van der Waals surface area contributed by atoms with E-state index in [2.05, 4.69) is 30.7 Å². The molecule has 0 saturated heterocycles. The third-order valence-electron chi connectivity index (χ3n) is 3.46. The fourth-order valence-electron chi connectivity index (χ4n) is 2.46. The second kappa shape index (κ2) is 6.37. The fraction of sp³-hybridized carbons (Fsp3) is 0.125. The summed E-state index contributed by atoms with van der Waals surface area (Å²) in [7, 11) is -3.79. The molecular weight excluding hydrogens is 392 g/mol. The van der Waals surface area contributed by atoms with Crippen LogP contribution >= 0.6 is 15.9 Å². The van der Waals surface area contributed by atoms with Gasteiger partial charge in [0.2, 0.25) is 0 Å². The zero-order chi connectivity index (χ0) is 17.3. The molecule has 0 fully saturated rings. The number of nitrogens with one attached hydrogen (secondary N) is 1. The van der Waals surface area contributed by atoms with Gasteiger partial charge in [-0.2, -0.15) is 5.10 Å². The number of sulfonamides is 1. The van der Waals surface area contributed by atoms with Crippen molar-refractivity contribution in [2.75, 3.05) is 4.72 Å². The predicted molar refractivity (Wildman–Crippen MR) is 95.8 cm³/mol. The minimum Gasteiger partial charge on any atom is -0.263 e. The van der Waals surface area contributed by atoms with Gasteiger partial charge in [-0.15, -0.1) is 0 Å². The molecule has 0 bridgehead atoms. The topological polar surface area (TPSA) is 76.9 Å². The molecule has 0 saturated carbocycles. The van der Waals surface area contributed by atoms with Crippen LogP contribution in [-0.2, 0) is 10.0 Å². The van der Waals surface area contributed by atoms with E-state index in [0.29, 0.717) is 11.4 Å². The van der Waals surface area contributed by atoms with Crippen molar-refractivity contribution >= 4 is 31.8 Å². The van der Waals surface area contributed by atoms with Gasteiger partial charge in [0.15, 0.2) is 0 Å². The molecular formula is C16H15BrN4O2S. The summed E-state index contributed by atoms with van der Waals surface area (Å²) in [5, 5.41) is 4.37. The normalized spacial score (nSPS) is 11.5. The molecule has 0 atom stereocenters. The molecule has 8 heteroatoms. The first kappa shape index (κ1) is 16.7. The number of aryl methyl sites for hydroxylation is 1. The van der Waals surface area contributed by atoms with Gasteiger partial charge < -0.3 is 0 Å². The summed E-state index contributed by atoms with van der Waals surface area (Å²) in [6, 6.07) is 12.7. The molecule has 0 aliphatic heterocycles. The Morgan fingerprint density at radius 1 is 1.08 bits per heavy atom. The molecule has 24 heavy (non-hydrogen) atoms. The minimum absolute atomic E-state index is 0.163. The third-order valence-corrected chi connectivity index (χ3v) is 5.54. The summed E-state index contributed by atoms with van der Waals surface area (Å²) in [5.41, 5.74) is 1.78. The number of hydrogen-bond acceptors (Lipinski definition) is 4. The lowest BCUT2D eigenvalue weighted by molar-refractivity contribution is 0.599. The van der Waals surface area contributed by atoms with Crippen molar-refractivity contribution in [3.05, 3.63) is 64.5 Å². The molecule has 0 unspecified atom stereocenters. The van der Waals surface area contributed by atoms with Gasteiger partial charge in [0.25, 0.3) is 10.0 Å². The molecule has 2 aromatic heterocycles. The van der Waals surface area contributed by atoms with Gasteiger partial charge in [0.05, 0.1) is 17.1 Å². The molecule has 0 aliphatic rings. The van der Waals surface area contributed by atoms with Crippen LogP contribution in [0.3, 0.4) is 0 Å². The van der Waals surface area contributed by atoms with Crippen molar-refractivity contribution in [1.82, 2.24) is 14.8 Å². The van der Waals surface area contributed by atoms with Gasteiger partial charge in [-0.3, -0.25) is 4.72 Å². The Hall–Kier alpha value is -2.19. The van der Waals surface area contributed by atoms with Gasteiger partial charge >= 0.3 is 0 Å². The van der Waals surface area contributed by atoms with Crippen LogP contribution in [0.1, 0.15) is 11.4 Å². The number of para-hydroxylation sites is 1. The molecule has 1 N–H and O–H groups in total. The van der Waals surface area contributed by atoms with Crippen LogP contribution in [-0.4, -0.2) is 23.2 Å². The summed E-state index contributed by atoms with van der Waals surface area (Å²) < 4.78 is 30.4. The highest BCUT2D eigenvalue weighted by molar-refractivity contribution is 9.10. The Labute approximate surface area is 148 Å². The molecule has 1 aromatic carbocycles. The van der Waals surface area contributed by atoms with Gasteiger partial charge in [-0.1, -0.05) is 18.2 Å².